The minimum atomic E-state index is -1.35. The first-order valence-corrected chi connectivity index (χ1v) is 13.8. The molecule has 0 amide bonds. The summed E-state index contributed by atoms with van der Waals surface area (Å²) in [5.41, 5.74) is 6.51. The van der Waals surface area contributed by atoms with E-state index in [2.05, 4.69) is 32.6 Å². The number of hydrogen-bond acceptors (Lipinski definition) is 8. The van der Waals surface area contributed by atoms with Gasteiger partial charge in [0.1, 0.15) is 5.56 Å². The quantitative estimate of drug-likeness (QED) is 0.291. The summed E-state index contributed by atoms with van der Waals surface area (Å²) in [6.07, 6.45) is 5.82. The first kappa shape index (κ1) is 26.3. The van der Waals surface area contributed by atoms with E-state index in [-0.39, 0.29) is 22.6 Å². The van der Waals surface area contributed by atoms with E-state index in [1.54, 1.807) is 32.6 Å². The average molecular weight is 574 g/mol. The second-order valence-electron chi connectivity index (χ2n) is 11.2. The minimum absolute atomic E-state index is 0.114. The normalized spacial score (nSPS) is 19.2. The smallest absolute Gasteiger partial charge is 0.341 e. The van der Waals surface area contributed by atoms with Gasteiger partial charge in [0.05, 0.1) is 16.8 Å². The number of carboxylic acids is 1. The molecule has 3 aliphatic rings. The maximum Gasteiger partial charge on any atom is 0.341 e. The molecule has 3 aromatic heterocycles. The molecular formula is C30H29F2N7O3. The van der Waals surface area contributed by atoms with Crippen LogP contribution in [0.4, 0.5) is 20.2 Å². The second-order valence-corrected chi connectivity index (χ2v) is 11.2. The third kappa shape index (κ3) is 3.71. The first-order chi connectivity index (χ1) is 20.2. The highest BCUT2D eigenvalue weighted by Crippen LogP contribution is 2.52. The van der Waals surface area contributed by atoms with Gasteiger partial charge in [-0.05, 0) is 31.0 Å². The summed E-state index contributed by atoms with van der Waals surface area (Å²) in [5.74, 6) is -2.78. The van der Waals surface area contributed by atoms with Crippen LogP contribution in [0.5, 0.6) is 0 Å². The number of carboxylic acid groups (broad SMARTS) is 1. The number of carbonyl (C=O) groups is 1. The zero-order valence-corrected chi connectivity index (χ0v) is 23.3. The lowest BCUT2D eigenvalue weighted by molar-refractivity contribution is 0.0695. The van der Waals surface area contributed by atoms with Gasteiger partial charge in [-0.1, -0.05) is 0 Å². The van der Waals surface area contributed by atoms with Gasteiger partial charge < -0.3 is 25.6 Å². The molecule has 0 radical (unpaired) electrons. The average Bonchev–Trinajstić information content (AvgIpc) is 3.66. The Balaban J connectivity index is 1.52. The fourth-order valence-corrected chi connectivity index (χ4v) is 7.07. The molecule has 0 saturated carbocycles. The molecule has 2 aliphatic heterocycles. The van der Waals surface area contributed by atoms with Gasteiger partial charge in [0.2, 0.25) is 5.43 Å². The van der Waals surface area contributed by atoms with Crippen molar-refractivity contribution in [3.05, 3.63) is 69.4 Å². The number of halogens is 2. The van der Waals surface area contributed by atoms with Crippen LogP contribution in [0, 0.1) is 17.6 Å². The number of hydrogen-bond donors (Lipinski definition) is 3. The van der Waals surface area contributed by atoms with Crippen molar-refractivity contribution >= 4 is 28.4 Å². The zero-order chi connectivity index (χ0) is 29.4. The number of pyridine rings is 3. The van der Waals surface area contributed by atoms with Gasteiger partial charge >= 0.3 is 5.97 Å². The summed E-state index contributed by atoms with van der Waals surface area (Å²) < 4.78 is 32.1. The van der Waals surface area contributed by atoms with E-state index in [4.69, 9.17) is 4.98 Å². The molecule has 2 atom stereocenters. The van der Waals surface area contributed by atoms with Crippen LogP contribution in [0.2, 0.25) is 0 Å². The Bertz CT molecular complexity index is 1870. The summed E-state index contributed by atoms with van der Waals surface area (Å²) in [6, 6.07) is 2.96. The Kier molecular flexibility index (Phi) is 5.94. The van der Waals surface area contributed by atoms with Crippen LogP contribution < -0.4 is 21.1 Å². The van der Waals surface area contributed by atoms with Crippen molar-refractivity contribution in [2.75, 3.05) is 56.4 Å². The summed E-state index contributed by atoms with van der Waals surface area (Å²) in [7, 11) is 5.36. The Morgan fingerprint density at radius 1 is 1.12 bits per heavy atom. The van der Waals surface area contributed by atoms with Gasteiger partial charge in [0.25, 0.3) is 0 Å². The van der Waals surface area contributed by atoms with Gasteiger partial charge in [-0.3, -0.25) is 9.78 Å². The largest absolute Gasteiger partial charge is 0.477 e. The monoisotopic (exact) mass is 573 g/mol. The van der Waals surface area contributed by atoms with E-state index in [0.29, 0.717) is 46.0 Å². The van der Waals surface area contributed by atoms with Crippen molar-refractivity contribution < 1.29 is 18.7 Å². The predicted octanol–water partition coefficient (Wildman–Crippen LogP) is 3.36. The second kappa shape index (κ2) is 9.48. The summed E-state index contributed by atoms with van der Waals surface area (Å²) in [5, 5.41) is 12.8. The molecular weight excluding hydrogens is 544 g/mol. The summed E-state index contributed by atoms with van der Waals surface area (Å²) in [6.45, 7) is 2.51. The SMILES string of the molecule is CNc1cc(F)c(F)c2c1Cc1ncc(-c3cnc4c(c3)c(=O)c(C(=O)O)cn4NC)c(N3CC[C@H]4CN(C)CC43)c1-2. The van der Waals surface area contributed by atoms with Gasteiger partial charge in [-0.25, -0.2) is 23.2 Å². The third-order valence-corrected chi connectivity index (χ3v) is 8.96. The van der Waals surface area contributed by atoms with Crippen molar-refractivity contribution in [3.63, 3.8) is 0 Å². The number of aromatic nitrogens is 3. The minimum Gasteiger partial charge on any atom is -0.477 e. The van der Waals surface area contributed by atoms with Crippen molar-refractivity contribution in [1.29, 1.82) is 0 Å². The van der Waals surface area contributed by atoms with Crippen LogP contribution in [0.1, 0.15) is 28.0 Å². The third-order valence-electron chi connectivity index (χ3n) is 8.96. The molecule has 0 spiro atoms. The molecule has 4 aromatic rings. The maximum absolute atomic E-state index is 15.7. The fraction of sp³-hybridized carbons (Fsp3) is 0.333. The molecule has 7 rings (SSSR count). The fourth-order valence-electron chi connectivity index (χ4n) is 7.07. The number of anilines is 2. The van der Waals surface area contributed by atoms with E-state index in [1.807, 2.05) is 0 Å². The number of benzene rings is 1. The number of fused-ring (bicyclic) bond motifs is 5. The molecule has 2 fully saturated rings. The van der Waals surface area contributed by atoms with Crippen molar-refractivity contribution in [2.24, 2.45) is 5.92 Å². The molecule has 12 heteroatoms. The zero-order valence-electron chi connectivity index (χ0n) is 23.3. The lowest BCUT2D eigenvalue weighted by Crippen LogP contribution is -2.35. The molecule has 1 unspecified atom stereocenters. The summed E-state index contributed by atoms with van der Waals surface area (Å²) >= 11 is 0. The predicted molar refractivity (Wildman–Crippen MR) is 156 cm³/mol. The first-order valence-electron chi connectivity index (χ1n) is 13.8. The molecule has 10 nitrogen and oxygen atoms in total. The van der Waals surface area contributed by atoms with E-state index in [1.165, 1.54) is 16.9 Å². The number of aromatic carboxylic acids is 1. The molecule has 216 valence electrons. The number of nitrogens with zero attached hydrogens (tertiary/aromatic N) is 5. The highest BCUT2D eigenvalue weighted by Gasteiger charge is 2.43. The van der Waals surface area contributed by atoms with Crippen LogP contribution in [0.15, 0.2) is 35.5 Å². The van der Waals surface area contributed by atoms with Crippen LogP contribution in [0.25, 0.3) is 33.3 Å². The molecule has 2 saturated heterocycles. The standard InChI is InChI=1S/C30H29F2N7O3/c1-33-21-8-20(31)26(32)24-16(21)7-22-25(24)27(38-5-4-14-11-37(3)13-23(14)38)18(10-35-22)15-6-17-28(40)19(30(41)42)12-39(34-2)29(17)36-9-15/h6,8-10,12,14,23,33-34H,4-5,7,11,13H2,1-3H3,(H,41,42)/t14-,23?/m0/s1. The van der Waals surface area contributed by atoms with Gasteiger partial charge in [0, 0.05) is 98.8 Å². The number of nitrogens with one attached hydrogen (secondary N) is 2. The van der Waals surface area contributed by atoms with E-state index < -0.39 is 28.6 Å². The van der Waals surface area contributed by atoms with E-state index in [0.717, 1.165) is 31.7 Å². The van der Waals surface area contributed by atoms with Crippen LogP contribution in [-0.4, -0.2) is 77.4 Å². The number of likely N-dealkylation sites (N-methyl/N-ethyl adjacent to an activating group) is 1. The van der Waals surface area contributed by atoms with Crippen LogP contribution in [-0.2, 0) is 6.42 Å². The van der Waals surface area contributed by atoms with E-state index >= 15 is 4.39 Å². The van der Waals surface area contributed by atoms with Gasteiger partial charge in [0.15, 0.2) is 17.3 Å². The Morgan fingerprint density at radius 3 is 2.67 bits per heavy atom. The lowest BCUT2D eigenvalue weighted by atomic mass is 9.96. The lowest BCUT2D eigenvalue weighted by Gasteiger charge is -2.31. The highest BCUT2D eigenvalue weighted by atomic mass is 19.2. The maximum atomic E-state index is 15.7. The molecule has 5 heterocycles. The summed E-state index contributed by atoms with van der Waals surface area (Å²) in [4.78, 5) is 39.0. The number of likely N-dealkylation sites (tertiary alicyclic amines) is 1. The molecule has 0 bridgehead atoms. The molecule has 3 N–H and O–H groups in total. The molecule has 1 aromatic carbocycles. The topological polar surface area (TPSA) is 116 Å². The van der Waals surface area contributed by atoms with E-state index in [9.17, 15) is 19.1 Å². The van der Waals surface area contributed by atoms with Crippen LogP contribution in [0.3, 0.4) is 0 Å². The van der Waals surface area contributed by atoms with Crippen molar-refractivity contribution in [2.45, 2.75) is 18.9 Å². The Labute approximate surface area is 239 Å². The van der Waals surface area contributed by atoms with Crippen LogP contribution >= 0.6 is 0 Å². The Hall–Kier alpha value is -4.58. The highest BCUT2D eigenvalue weighted by molar-refractivity contribution is 5.99. The molecule has 1 aliphatic carbocycles. The van der Waals surface area contributed by atoms with Gasteiger partial charge in [-0.2, -0.15) is 0 Å². The Morgan fingerprint density at radius 2 is 1.93 bits per heavy atom. The van der Waals surface area contributed by atoms with Crippen molar-refractivity contribution in [3.8, 4) is 22.3 Å². The van der Waals surface area contributed by atoms with Crippen molar-refractivity contribution in [1.82, 2.24) is 19.5 Å². The number of rotatable bonds is 5. The molecule has 42 heavy (non-hydrogen) atoms. The van der Waals surface area contributed by atoms with Gasteiger partial charge in [-0.15, -0.1) is 0 Å².